The molecule has 3 nitrogen and oxygen atoms in total. The summed E-state index contributed by atoms with van der Waals surface area (Å²) in [5.74, 6) is -0.00944. The molecule has 1 N–H and O–H groups in total. The van der Waals surface area contributed by atoms with Crippen molar-refractivity contribution in [2.24, 2.45) is 0 Å². The van der Waals surface area contributed by atoms with Crippen LogP contribution in [0.4, 0.5) is 0 Å². The van der Waals surface area contributed by atoms with E-state index in [1.54, 1.807) is 11.0 Å². The zero-order valence-electron chi connectivity index (χ0n) is 10.2. The SMILES string of the molecule is CCN(CCCO)C(=O)/C=C/c1ccccc1. The molecule has 1 rings (SSSR count). The van der Waals surface area contributed by atoms with Crippen molar-refractivity contribution >= 4 is 12.0 Å². The van der Waals surface area contributed by atoms with Crippen LogP contribution in [-0.2, 0) is 4.79 Å². The highest BCUT2D eigenvalue weighted by Gasteiger charge is 2.06. The molecule has 0 aromatic heterocycles. The summed E-state index contributed by atoms with van der Waals surface area (Å²) >= 11 is 0. The molecule has 1 aromatic rings. The summed E-state index contributed by atoms with van der Waals surface area (Å²) in [5.41, 5.74) is 1.01. The third kappa shape index (κ3) is 4.83. The zero-order valence-corrected chi connectivity index (χ0v) is 10.2. The molecule has 0 aliphatic heterocycles. The molecule has 3 heteroatoms. The van der Waals surface area contributed by atoms with Gasteiger partial charge in [0, 0.05) is 25.8 Å². The van der Waals surface area contributed by atoms with Gasteiger partial charge in [-0.3, -0.25) is 4.79 Å². The Morgan fingerprint density at radius 2 is 2.06 bits per heavy atom. The number of hydrogen-bond donors (Lipinski definition) is 1. The highest BCUT2D eigenvalue weighted by atomic mass is 16.3. The fourth-order valence-corrected chi connectivity index (χ4v) is 1.52. The van der Waals surface area contributed by atoms with E-state index in [0.29, 0.717) is 19.5 Å². The maximum Gasteiger partial charge on any atom is 0.246 e. The molecule has 0 aliphatic carbocycles. The first kappa shape index (κ1) is 13.5. The number of carbonyl (C=O) groups is 1. The van der Waals surface area contributed by atoms with E-state index in [4.69, 9.17) is 5.11 Å². The van der Waals surface area contributed by atoms with E-state index in [1.165, 1.54) is 0 Å². The van der Waals surface area contributed by atoms with Crippen LogP contribution >= 0.6 is 0 Å². The van der Waals surface area contributed by atoms with Crippen LogP contribution in [0.3, 0.4) is 0 Å². The van der Waals surface area contributed by atoms with Crippen molar-refractivity contribution in [1.82, 2.24) is 4.90 Å². The molecule has 0 saturated carbocycles. The largest absolute Gasteiger partial charge is 0.396 e. The molecule has 0 spiro atoms. The van der Waals surface area contributed by atoms with Crippen molar-refractivity contribution in [2.45, 2.75) is 13.3 Å². The molecular weight excluding hydrogens is 214 g/mol. The number of hydrogen-bond acceptors (Lipinski definition) is 2. The standard InChI is InChI=1S/C14H19NO2/c1-2-15(11-6-12-16)14(17)10-9-13-7-4-3-5-8-13/h3-5,7-10,16H,2,6,11-12H2,1H3/b10-9+. The lowest BCUT2D eigenvalue weighted by Crippen LogP contribution is -2.30. The second-order valence-corrected chi connectivity index (χ2v) is 3.74. The van der Waals surface area contributed by atoms with Gasteiger partial charge in [0.25, 0.3) is 0 Å². The Hall–Kier alpha value is -1.61. The second kappa shape index (κ2) is 7.63. The Morgan fingerprint density at radius 3 is 2.65 bits per heavy atom. The number of nitrogens with zero attached hydrogens (tertiary/aromatic N) is 1. The fourth-order valence-electron chi connectivity index (χ4n) is 1.52. The molecule has 0 fully saturated rings. The van der Waals surface area contributed by atoms with E-state index in [-0.39, 0.29) is 12.5 Å². The Balaban J connectivity index is 2.55. The molecule has 1 amide bonds. The van der Waals surface area contributed by atoms with Gasteiger partial charge in [-0.05, 0) is 25.0 Å². The maximum absolute atomic E-state index is 11.8. The lowest BCUT2D eigenvalue weighted by molar-refractivity contribution is -0.125. The number of benzene rings is 1. The number of carbonyl (C=O) groups excluding carboxylic acids is 1. The van der Waals surface area contributed by atoms with Gasteiger partial charge in [-0.15, -0.1) is 0 Å². The number of likely N-dealkylation sites (N-methyl/N-ethyl adjacent to an activating group) is 1. The number of rotatable bonds is 6. The van der Waals surface area contributed by atoms with Gasteiger partial charge < -0.3 is 10.0 Å². The fraction of sp³-hybridized carbons (Fsp3) is 0.357. The average Bonchev–Trinajstić information content (AvgIpc) is 2.38. The Bertz CT molecular complexity index is 360. The van der Waals surface area contributed by atoms with Gasteiger partial charge in [-0.2, -0.15) is 0 Å². The molecule has 17 heavy (non-hydrogen) atoms. The van der Waals surface area contributed by atoms with Crippen molar-refractivity contribution < 1.29 is 9.90 Å². The van der Waals surface area contributed by atoms with Crippen molar-refractivity contribution in [3.8, 4) is 0 Å². The first-order valence-electron chi connectivity index (χ1n) is 5.90. The summed E-state index contributed by atoms with van der Waals surface area (Å²) < 4.78 is 0. The summed E-state index contributed by atoms with van der Waals surface area (Å²) in [7, 11) is 0. The van der Waals surface area contributed by atoms with E-state index in [0.717, 1.165) is 5.56 Å². The van der Waals surface area contributed by atoms with Crippen LogP contribution in [-0.4, -0.2) is 35.6 Å². The molecule has 0 aliphatic rings. The predicted molar refractivity (Wildman–Crippen MR) is 69.4 cm³/mol. The number of aliphatic hydroxyl groups excluding tert-OH is 1. The summed E-state index contributed by atoms with van der Waals surface area (Å²) in [6.45, 7) is 3.32. The van der Waals surface area contributed by atoms with E-state index in [2.05, 4.69) is 0 Å². The Kier molecular flexibility index (Phi) is 6.04. The van der Waals surface area contributed by atoms with Crippen LogP contribution in [0, 0.1) is 0 Å². The van der Waals surface area contributed by atoms with Crippen molar-refractivity contribution in [3.05, 3.63) is 42.0 Å². The zero-order chi connectivity index (χ0) is 12.5. The first-order valence-corrected chi connectivity index (χ1v) is 5.90. The monoisotopic (exact) mass is 233 g/mol. The average molecular weight is 233 g/mol. The smallest absolute Gasteiger partial charge is 0.246 e. The topological polar surface area (TPSA) is 40.5 Å². The van der Waals surface area contributed by atoms with E-state index in [9.17, 15) is 4.79 Å². The lowest BCUT2D eigenvalue weighted by Gasteiger charge is -2.18. The Morgan fingerprint density at radius 1 is 1.35 bits per heavy atom. The van der Waals surface area contributed by atoms with Gasteiger partial charge in [-0.25, -0.2) is 0 Å². The minimum atomic E-state index is -0.00944. The third-order valence-electron chi connectivity index (χ3n) is 2.50. The van der Waals surface area contributed by atoms with Gasteiger partial charge >= 0.3 is 0 Å². The van der Waals surface area contributed by atoms with Gasteiger partial charge in [0.15, 0.2) is 0 Å². The molecule has 0 bridgehead atoms. The van der Waals surface area contributed by atoms with Gasteiger partial charge in [0.2, 0.25) is 5.91 Å². The first-order chi connectivity index (χ1) is 8.27. The maximum atomic E-state index is 11.8. The molecule has 0 atom stereocenters. The quantitative estimate of drug-likeness (QED) is 0.763. The molecule has 0 saturated heterocycles. The van der Waals surface area contributed by atoms with Crippen LogP contribution in [0.1, 0.15) is 18.9 Å². The van der Waals surface area contributed by atoms with Crippen LogP contribution in [0.25, 0.3) is 6.08 Å². The van der Waals surface area contributed by atoms with Crippen molar-refractivity contribution in [3.63, 3.8) is 0 Å². The van der Waals surface area contributed by atoms with E-state index in [1.807, 2.05) is 43.3 Å². The van der Waals surface area contributed by atoms with Gasteiger partial charge in [-0.1, -0.05) is 30.3 Å². The second-order valence-electron chi connectivity index (χ2n) is 3.74. The predicted octanol–water partition coefficient (Wildman–Crippen LogP) is 1.93. The van der Waals surface area contributed by atoms with Crippen molar-refractivity contribution in [1.29, 1.82) is 0 Å². The van der Waals surface area contributed by atoms with Crippen LogP contribution in [0.5, 0.6) is 0 Å². The van der Waals surface area contributed by atoms with E-state index >= 15 is 0 Å². The Labute approximate surface area is 102 Å². The molecule has 92 valence electrons. The minimum Gasteiger partial charge on any atom is -0.396 e. The van der Waals surface area contributed by atoms with Crippen molar-refractivity contribution in [2.75, 3.05) is 19.7 Å². The minimum absolute atomic E-state index is 0.00944. The third-order valence-corrected chi connectivity index (χ3v) is 2.50. The van der Waals surface area contributed by atoms with Gasteiger partial charge in [0.1, 0.15) is 0 Å². The molecule has 0 heterocycles. The highest BCUT2D eigenvalue weighted by Crippen LogP contribution is 2.02. The van der Waals surface area contributed by atoms with E-state index < -0.39 is 0 Å². The highest BCUT2D eigenvalue weighted by molar-refractivity contribution is 5.91. The van der Waals surface area contributed by atoms with Crippen LogP contribution in [0.15, 0.2) is 36.4 Å². The normalized spacial score (nSPS) is 10.7. The molecule has 1 aromatic carbocycles. The van der Waals surface area contributed by atoms with Crippen LogP contribution < -0.4 is 0 Å². The molecule has 0 radical (unpaired) electrons. The number of aliphatic hydroxyl groups is 1. The lowest BCUT2D eigenvalue weighted by atomic mass is 10.2. The number of amides is 1. The summed E-state index contributed by atoms with van der Waals surface area (Å²) in [4.78, 5) is 13.5. The summed E-state index contributed by atoms with van der Waals surface area (Å²) in [6, 6.07) is 9.72. The molecule has 0 unspecified atom stereocenters. The van der Waals surface area contributed by atoms with Gasteiger partial charge in [0.05, 0.1) is 0 Å². The summed E-state index contributed by atoms with van der Waals surface area (Å²) in [6.07, 6.45) is 4.01. The molecular formula is C14H19NO2. The summed E-state index contributed by atoms with van der Waals surface area (Å²) in [5, 5.41) is 8.74. The van der Waals surface area contributed by atoms with Crippen LogP contribution in [0.2, 0.25) is 0 Å².